The van der Waals surface area contributed by atoms with E-state index in [9.17, 15) is 14.4 Å². The SMILES string of the molecule is CCn1nc(C)cc1C(=O)Nc1nc2cc(C(N)=O)cc(OC)c2n1C/C=C/Cn1c(NC)nc2cc(C(N)=O)cc(OCCCOC)c21. The number of anilines is 2. The van der Waals surface area contributed by atoms with Crippen molar-refractivity contribution in [3.8, 4) is 11.5 Å². The van der Waals surface area contributed by atoms with Crippen molar-refractivity contribution in [2.75, 3.05) is 45.1 Å². The molecule has 0 radical (unpaired) electrons. The lowest BCUT2D eigenvalue weighted by molar-refractivity contribution is 0.0991. The fourth-order valence-corrected chi connectivity index (χ4v) is 5.53. The van der Waals surface area contributed by atoms with Crippen molar-refractivity contribution in [1.82, 2.24) is 28.9 Å². The molecule has 5 aromatic rings. The van der Waals surface area contributed by atoms with E-state index in [0.29, 0.717) is 83.6 Å². The van der Waals surface area contributed by atoms with Gasteiger partial charge in [0.15, 0.2) is 0 Å². The minimum atomic E-state index is -0.638. The van der Waals surface area contributed by atoms with E-state index in [1.54, 1.807) is 53.7 Å². The molecule has 49 heavy (non-hydrogen) atoms. The third-order valence-electron chi connectivity index (χ3n) is 7.78. The summed E-state index contributed by atoms with van der Waals surface area (Å²) in [5.74, 6) is -0.0114. The van der Waals surface area contributed by atoms with E-state index in [2.05, 4.69) is 25.7 Å². The fourth-order valence-electron chi connectivity index (χ4n) is 5.53. The second kappa shape index (κ2) is 14.9. The van der Waals surface area contributed by atoms with Gasteiger partial charge in [-0.05, 0) is 44.2 Å². The summed E-state index contributed by atoms with van der Waals surface area (Å²) in [6.07, 6.45) is 4.48. The molecule has 0 aliphatic carbocycles. The summed E-state index contributed by atoms with van der Waals surface area (Å²) in [7, 11) is 4.85. The van der Waals surface area contributed by atoms with Gasteiger partial charge < -0.3 is 40.1 Å². The summed E-state index contributed by atoms with van der Waals surface area (Å²) in [5, 5.41) is 10.4. The first-order valence-electron chi connectivity index (χ1n) is 15.6. The van der Waals surface area contributed by atoms with E-state index < -0.39 is 17.7 Å². The number of carbonyl (C=O) groups is 3. The van der Waals surface area contributed by atoms with Crippen LogP contribution in [0.25, 0.3) is 22.1 Å². The van der Waals surface area contributed by atoms with Crippen LogP contribution >= 0.6 is 0 Å². The third kappa shape index (κ3) is 7.18. The number of fused-ring (bicyclic) bond motifs is 2. The quantitative estimate of drug-likeness (QED) is 0.0889. The van der Waals surface area contributed by atoms with Gasteiger partial charge in [0.1, 0.15) is 28.2 Å². The Balaban J connectivity index is 1.51. The molecular weight excluding hydrogens is 632 g/mol. The standard InChI is InChI=1S/C33H40N10O6/c1-6-43-24(14-19(2)40-43)31(46)39-33-38-22-15-20(29(34)44)17-25(48-5)27(22)42(33)11-8-7-10-41-28-23(37-32(41)36-3)16-21(30(35)45)18-26(28)49-13-9-12-47-4/h7-8,14-18H,6,9-13H2,1-5H3,(H2,34,44)(H2,35,45)(H,36,37)(H,38,39,46)/b8-7+. The fraction of sp³-hybridized carbons (Fsp3) is 0.333. The number of nitrogens with two attached hydrogens (primary N) is 2. The smallest absolute Gasteiger partial charge is 0.276 e. The highest BCUT2D eigenvalue weighted by atomic mass is 16.5. The largest absolute Gasteiger partial charge is 0.494 e. The van der Waals surface area contributed by atoms with Crippen LogP contribution in [0.1, 0.15) is 50.2 Å². The summed E-state index contributed by atoms with van der Waals surface area (Å²) in [6, 6.07) is 8.05. The Hall–Kier alpha value is -5.90. The maximum absolute atomic E-state index is 13.4. The Labute approximate surface area is 282 Å². The Bertz CT molecular complexity index is 2060. The number of hydrogen-bond acceptors (Lipinski definition) is 10. The highest BCUT2D eigenvalue weighted by molar-refractivity contribution is 6.04. The number of allylic oxidation sites excluding steroid dienone is 2. The first-order chi connectivity index (χ1) is 23.6. The number of carbonyl (C=O) groups excluding carboxylic acids is 3. The number of imidazole rings is 2. The Morgan fingerprint density at radius 1 is 0.857 bits per heavy atom. The van der Waals surface area contributed by atoms with Crippen LogP contribution in [-0.4, -0.2) is 81.1 Å². The molecule has 16 heteroatoms. The van der Waals surface area contributed by atoms with Gasteiger partial charge in [-0.1, -0.05) is 12.2 Å². The first-order valence-corrected chi connectivity index (χ1v) is 15.6. The van der Waals surface area contributed by atoms with Gasteiger partial charge >= 0.3 is 0 Å². The van der Waals surface area contributed by atoms with Crippen LogP contribution in [0.15, 0.2) is 42.5 Å². The van der Waals surface area contributed by atoms with Crippen LogP contribution in [0.3, 0.4) is 0 Å². The van der Waals surface area contributed by atoms with Gasteiger partial charge in [-0.2, -0.15) is 5.10 Å². The number of hydrogen-bond donors (Lipinski definition) is 4. The Kier molecular flexibility index (Phi) is 10.5. The third-order valence-corrected chi connectivity index (χ3v) is 7.78. The Morgan fingerprint density at radius 2 is 1.45 bits per heavy atom. The van der Waals surface area contributed by atoms with Crippen molar-refractivity contribution in [2.45, 2.75) is 39.9 Å². The predicted octanol–water partition coefficient (Wildman–Crippen LogP) is 3.08. The van der Waals surface area contributed by atoms with Crippen molar-refractivity contribution in [3.63, 3.8) is 0 Å². The number of methoxy groups -OCH3 is 2. The van der Waals surface area contributed by atoms with Crippen LogP contribution in [0.2, 0.25) is 0 Å². The van der Waals surface area contributed by atoms with Crippen molar-refractivity contribution in [2.24, 2.45) is 11.5 Å². The van der Waals surface area contributed by atoms with E-state index in [1.165, 1.54) is 7.11 Å². The molecule has 0 spiro atoms. The van der Waals surface area contributed by atoms with Gasteiger partial charge in [-0.15, -0.1) is 0 Å². The summed E-state index contributed by atoms with van der Waals surface area (Å²) < 4.78 is 22.2. The lowest BCUT2D eigenvalue weighted by Gasteiger charge is -2.13. The van der Waals surface area contributed by atoms with Gasteiger partial charge in [0, 0.05) is 57.9 Å². The average molecular weight is 673 g/mol. The average Bonchev–Trinajstić information content (AvgIpc) is 3.76. The zero-order chi connectivity index (χ0) is 35.2. The topological polar surface area (TPSA) is 208 Å². The van der Waals surface area contributed by atoms with Crippen LogP contribution in [0.4, 0.5) is 11.9 Å². The zero-order valence-electron chi connectivity index (χ0n) is 28.1. The molecule has 16 nitrogen and oxygen atoms in total. The van der Waals surface area contributed by atoms with Gasteiger partial charge in [0.25, 0.3) is 5.91 Å². The lowest BCUT2D eigenvalue weighted by atomic mass is 10.1. The van der Waals surface area contributed by atoms with E-state index in [-0.39, 0.29) is 23.6 Å². The lowest BCUT2D eigenvalue weighted by Crippen LogP contribution is -2.20. The second-order valence-electron chi connectivity index (χ2n) is 11.1. The van der Waals surface area contributed by atoms with Gasteiger partial charge in [0.2, 0.25) is 23.7 Å². The Morgan fingerprint density at radius 3 is 2.02 bits per heavy atom. The maximum Gasteiger partial charge on any atom is 0.276 e. The number of amides is 3. The molecule has 6 N–H and O–H groups in total. The highest BCUT2D eigenvalue weighted by Gasteiger charge is 2.22. The van der Waals surface area contributed by atoms with E-state index >= 15 is 0 Å². The molecule has 2 aromatic carbocycles. The minimum absolute atomic E-state index is 0.216. The van der Waals surface area contributed by atoms with E-state index in [0.717, 1.165) is 0 Å². The molecule has 0 unspecified atom stereocenters. The normalized spacial score (nSPS) is 11.4. The molecule has 0 saturated heterocycles. The van der Waals surface area contributed by atoms with Crippen LogP contribution in [0.5, 0.6) is 11.5 Å². The second-order valence-corrected chi connectivity index (χ2v) is 11.1. The summed E-state index contributed by atoms with van der Waals surface area (Å²) in [4.78, 5) is 46.9. The van der Waals surface area contributed by atoms with Crippen LogP contribution < -0.4 is 31.6 Å². The van der Waals surface area contributed by atoms with Gasteiger partial charge in [0.05, 0.1) is 30.4 Å². The van der Waals surface area contributed by atoms with E-state index in [1.807, 2.05) is 30.6 Å². The van der Waals surface area contributed by atoms with Gasteiger partial charge in [-0.25, -0.2) is 9.97 Å². The molecule has 0 aliphatic heterocycles. The number of aryl methyl sites for hydroxylation is 2. The molecule has 3 aromatic heterocycles. The molecule has 0 saturated carbocycles. The molecule has 3 amide bonds. The molecule has 0 atom stereocenters. The predicted molar refractivity (Wildman–Crippen MR) is 184 cm³/mol. The molecule has 5 rings (SSSR count). The first kappa shape index (κ1) is 34.4. The highest BCUT2D eigenvalue weighted by Crippen LogP contribution is 2.32. The van der Waals surface area contributed by atoms with Crippen molar-refractivity contribution < 1.29 is 28.6 Å². The van der Waals surface area contributed by atoms with Gasteiger partial charge in [-0.3, -0.25) is 24.4 Å². The molecule has 0 aliphatic rings. The molecular formula is C33H40N10O6. The summed E-state index contributed by atoms with van der Waals surface area (Å²) >= 11 is 0. The van der Waals surface area contributed by atoms with Crippen molar-refractivity contribution >= 4 is 51.7 Å². The van der Waals surface area contributed by atoms with Crippen molar-refractivity contribution in [3.05, 3.63) is 65.0 Å². The number of aromatic nitrogens is 6. The minimum Gasteiger partial charge on any atom is -0.494 e. The number of nitrogens with zero attached hydrogens (tertiary/aromatic N) is 6. The van der Waals surface area contributed by atoms with Crippen molar-refractivity contribution in [1.29, 1.82) is 0 Å². The molecule has 0 fully saturated rings. The van der Waals surface area contributed by atoms with E-state index in [4.69, 9.17) is 25.7 Å². The number of nitrogens with one attached hydrogen (secondary N) is 2. The molecule has 258 valence electrons. The van der Waals surface area contributed by atoms with Crippen LogP contribution in [-0.2, 0) is 24.4 Å². The number of primary amides is 2. The number of rotatable bonds is 16. The maximum atomic E-state index is 13.4. The molecule has 3 heterocycles. The van der Waals surface area contributed by atoms with Crippen LogP contribution in [0, 0.1) is 6.92 Å². The monoisotopic (exact) mass is 672 g/mol. The number of benzene rings is 2. The zero-order valence-corrected chi connectivity index (χ0v) is 28.1. The summed E-state index contributed by atoms with van der Waals surface area (Å²) in [5.41, 5.74) is 15.0. The molecule has 0 bridgehead atoms. The summed E-state index contributed by atoms with van der Waals surface area (Å²) in [6.45, 7) is 5.73. The number of ether oxygens (including phenoxy) is 3.